The first-order valence-electron chi connectivity index (χ1n) is 7.18. The Morgan fingerprint density at radius 2 is 2.09 bits per heavy atom. The molecule has 0 aliphatic carbocycles. The summed E-state index contributed by atoms with van der Waals surface area (Å²) < 4.78 is 5.10. The summed E-state index contributed by atoms with van der Waals surface area (Å²) in [5.74, 6) is 1.58. The van der Waals surface area contributed by atoms with Crippen molar-refractivity contribution in [3.8, 4) is 0 Å². The van der Waals surface area contributed by atoms with E-state index in [1.165, 1.54) is 0 Å². The molecule has 0 radical (unpaired) electrons. The van der Waals surface area contributed by atoms with Gasteiger partial charge in [-0.3, -0.25) is 4.79 Å². The lowest BCUT2D eigenvalue weighted by atomic mass is 10.2. The van der Waals surface area contributed by atoms with E-state index in [9.17, 15) is 4.79 Å². The molecule has 0 N–H and O–H groups in total. The molecule has 0 spiro atoms. The Morgan fingerprint density at radius 1 is 1.32 bits per heavy atom. The number of hydrogen-bond donors (Lipinski definition) is 0. The zero-order chi connectivity index (χ0) is 15.5. The van der Waals surface area contributed by atoms with Crippen LogP contribution in [0.4, 0.5) is 5.82 Å². The molecule has 2 aromatic heterocycles. The van der Waals surface area contributed by atoms with Crippen molar-refractivity contribution < 1.29 is 9.32 Å². The van der Waals surface area contributed by atoms with Gasteiger partial charge < -0.3 is 14.3 Å². The summed E-state index contributed by atoms with van der Waals surface area (Å²) in [5.41, 5.74) is 0.793. The fourth-order valence-corrected chi connectivity index (χ4v) is 2.61. The molecule has 0 unspecified atom stereocenters. The monoisotopic (exact) mass is 320 g/mol. The molecule has 0 saturated carbocycles. The molecule has 7 heteroatoms. The number of carbonyl (C=O) groups excluding carboxylic acids is 1. The number of nitrogens with zero attached hydrogens (tertiary/aromatic N) is 4. The van der Waals surface area contributed by atoms with Crippen LogP contribution in [0, 0.1) is 6.92 Å². The van der Waals surface area contributed by atoms with Crippen LogP contribution in [-0.4, -0.2) is 47.1 Å². The SMILES string of the molecule is Cc1cc(CC(=O)N2CCN(c3ccc(Cl)cn3)CC2)on1. The van der Waals surface area contributed by atoms with Crippen LogP contribution in [-0.2, 0) is 11.2 Å². The summed E-state index contributed by atoms with van der Waals surface area (Å²) in [4.78, 5) is 20.6. The van der Waals surface area contributed by atoms with Crippen LogP contribution in [0.15, 0.2) is 28.9 Å². The van der Waals surface area contributed by atoms with Gasteiger partial charge in [0, 0.05) is 38.4 Å². The zero-order valence-corrected chi connectivity index (χ0v) is 13.1. The van der Waals surface area contributed by atoms with Crippen LogP contribution in [0.25, 0.3) is 0 Å². The van der Waals surface area contributed by atoms with Crippen LogP contribution >= 0.6 is 11.6 Å². The lowest BCUT2D eigenvalue weighted by Gasteiger charge is -2.35. The number of anilines is 1. The Kier molecular flexibility index (Phi) is 4.29. The molecular weight excluding hydrogens is 304 g/mol. The molecule has 1 aliphatic rings. The predicted molar refractivity (Wildman–Crippen MR) is 83.0 cm³/mol. The average molecular weight is 321 g/mol. The van der Waals surface area contributed by atoms with Gasteiger partial charge in [0.25, 0.3) is 0 Å². The summed E-state index contributed by atoms with van der Waals surface area (Å²) in [5, 5.41) is 4.43. The van der Waals surface area contributed by atoms with Crippen LogP contribution in [0.5, 0.6) is 0 Å². The Hall–Kier alpha value is -2.08. The molecule has 2 aromatic rings. The van der Waals surface area contributed by atoms with E-state index in [1.807, 2.05) is 24.0 Å². The Bertz CT molecular complexity index is 648. The minimum Gasteiger partial charge on any atom is -0.361 e. The van der Waals surface area contributed by atoms with Gasteiger partial charge in [-0.1, -0.05) is 16.8 Å². The Labute approximate surface area is 133 Å². The van der Waals surface area contributed by atoms with Crippen LogP contribution < -0.4 is 4.90 Å². The smallest absolute Gasteiger partial charge is 0.230 e. The lowest BCUT2D eigenvalue weighted by Crippen LogP contribution is -2.49. The van der Waals surface area contributed by atoms with E-state index in [-0.39, 0.29) is 12.3 Å². The molecule has 1 saturated heterocycles. The highest BCUT2D eigenvalue weighted by Crippen LogP contribution is 2.16. The van der Waals surface area contributed by atoms with E-state index in [0.717, 1.165) is 24.6 Å². The highest BCUT2D eigenvalue weighted by Gasteiger charge is 2.22. The van der Waals surface area contributed by atoms with Gasteiger partial charge in [-0.2, -0.15) is 0 Å². The summed E-state index contributed by atoms with van der Waals surface area (Å²) in [7, 11) is 0. The van der Waals surface area contributed by atoms with Crippen LogP contribution in [0.1, 0.15) is 11.5 Å². The molecule has 0 aromatic carbocycles. The van der Waals surface area contributed by atoms with Crippen molar-refractivity contribution in [1.29, 1.82) is 0 Å². The molecular formula is C15H17ClN4O2. The summed E-state index contributed by atoms with van der Waals surface area (Å²) in [6.45, 7) is 4.72. The minimum absolute atomic E-state index is 0.0693. The standard InChI is InChI=1S/C15H17ClN4O2/c1-11-8-13(22-18-11)9-15(21)20-6-4-19(5-7-20)14-3-2-12(16)10-17-14/h2-3,8,10H,4-7,9H2,1H3. The van der Waals surface area contributed by atoms with Crippen molar-refractivity contribution in [3.05, 3.63) is 40.9 Å². The maximum Gasteiger partial charge on any atom is 0.230 e. The molecule has 6 nitrogen and oxygen atoms in total. The largest absolute Gasteiger partial charge is 0.361 e. The number of aromatic nitrogens is 2. The number of rotatable bonds is 3. The van der Waals surface area contributed by atoms with E-state index in [0.29, 0.717) is 23.9 Å². The fourth-order valence-electron chi connectivity index (χ4n) is 2.50. The first-order chi connectivity index (χ1) is 10.6. The summed E-state index contributed by atoms with van der Waals surface area (Å²) >= 11 is 5.85. The van der Waals surface area contributed by atoms with Gasteiger partial charge in [0.15, 0.2) is 0 Å². The van der Waals surface area contributed by atoms with Gasteiger partial charge in [-0.15, -0.1) is 0 Å². The lowest BCUT2D eigenvalue weighted by molar-refractivity contribution is -0.131. The second-order valence-corrected chi connectivity index (χ2v) is 5.75. The van der Waals surface area contributed by atoms with Crippen molar-refractivity contribution >= 4 is 23.3 Å². The van der Waals surface area contributed by atoms with E-state index < -0.39 is 0 Å². The number of hydrogen-bond acceptors (Lipinski definition) is 5. The first-order valence-corrected chi connectivity index (χ1v) is 7.56. The quantitative estimate of drug-likeness (QED) is 0.864. The van der Waals surface area contributed by atoms with Gasteiger partial charge >= 0.3 is 0 Å². The van der Waals surface area contributed by atoms with Crippen LogP contribution in [0.3, 0.4) is 0 Å². The normalized spacial score (nSPS) is 15.2. The molecule has 22 heavy (non-hydrogen) atoms. The van der Waals surface area contributed by atoms with E-state index in [4.69, 9.17) is 16.1 Å². The van der Waals surface area contributed by atoms with E-state index in [2.05, 4.69) is 15.0 Å². The van der Waals surface area contributed by atoms with Gasteiger partial charge in [0.1, 0.15) is 11.6 Å². The summed E-state index contributed by atoms with van der Waals surface area (Å²) in [6, 6.07) is 5.52. The summed E-state index contributed by atoms with van der Waals surface area (Å²) in [6.07, 6.45) is 1.90. The highest BCUT2D eigenvalue weighted by molar-refractivity contribution is 6.30. The first kappa shape index (κ1) is 14.8. The van der Waals surface area contributed by atoms with Gasteiger partial charge in [0.05, 0.1) is 17.1 Å². The number of carbonyl (C=O) groups is 1. The predicted octanol–water partition coefficient (Wildman–Crippen LogP) is 1.92. The van der Waals surface area contributed by atoms with Gasteiger partial charge in [0.2, 0.25) is 5.91 Å². The molecule has 0 atom stereocenters. The van der Waals surface area contributed by atoms with E-state index >= 15 is 0 Å². The van der Waals surface area contributed by atoms with Crippen molar-refractivity contribution in [2.24, 2.45) is 0 Å². The molecule has 3 heterocycles. The molecule has 0 bridgehead atoms. The molecule has 1 fully saturated rings. The fraction of sp³-hybridized carbons (Fsp3) is 0.400. The Morgan fingerprint density at radius 3 is 2.68 bits per heavy atom. The van der Waals surface area contributed by atoms with Gasteiger partial charge in [-0.05, 0) is 19.1 Å². The second-order valence-electron chi connectivity index (χ2n) is 5.31. The van der Waals surface area contributed by atoms with Crippen molar-refractivity contribution in [3.63, 3.8) is 0 Å². The zero-order valence-electron chi connectivity index (χ0n) is 12.3. The van der Waals surface area contributed by atoms with Crippen molar-refractivity contribution in [1.82, 2.24) is 15.0 Å². The van der Waals surface area contributed by atoms with Crippen molar-refractivity contribution in [2.75, 3.05) is 31.1 Å². The molecule has 3 rings (SSSR count). The number of aryl methyl sites for hydroxylation is 1. The minimum atomic E-state index is 0.0693. The third kappa shape index (κ3) is 3.39. The third-order valence-electron chi connectivity index (χ3n) is 3.67. The van der Waals surface area contributed by atoms with E-state index in [1.54, 1.807) is 12.3 Å². The van der Waals surface area contributed by atoms with Crippen LogP contribution in [0.2, 0.25) is 5.02 Å². The second kappa shape index (κ2) is 6.36. The number of halogens is 1. The van der Waals surface area contributed by atoms with Gasteiger partial charge in [-0.25, -0.2) is 4.98 Å². The molecule has 1 aliphatic heterocycles. The Balaban J connectivity index is 1.54. The van der Waals surface area contributed by atoms with Crippen molar-refractivity contribution in [2.45, 2.75) is 13.3 Å². The maximum absolute atomic E-state index is 12.3. The molecule has 116 valence electrons. The third-order valence-corrected chi connectivity index (χ3v) is 3.89. The average Bonchev–Trinajstić information content (AvgIpc) is 2.93. The number of piperazine rings is 1. The number of amides is 1. The number of pyridine rings is 1. The molecule has 1 amide bonds. The highest BCUT2D eigenvalue weighted by atomic mass is 35.5. The maximum atomic E-state index is 12.3. The topological polar surface area (TPSA) is 62.5 Å².